The van der Waals surface area contributed by atoms with E-state index >= 15 is 0 Å². The number of rotatable bonds is 12. The summed E-state index contributed by atoms with van der Waals surface area (Å²) in [6.07, 6.45) is 0. The Labute approximate surface area is 432 Å². The molecular weight excluding hydrogens is 924 g/mol. The molecule has 7 rings (SSSR count). The number of aromatic hydroxyl groups is 2. The first-order valence-electron chi connectivity index (χ1n) is 17.4. The van der Waals surface area contributed by atoms with Crippen molar-refractivity contribution in [1.82, 2.24) is 0 Å². The van der Waals surface area contributed by atoms with Crippen LogP contribution in [0.4, 0.5) is 34.1 Å². The summed E-state index contributed by atoms with van der Waals surface area (Å²) in [7, 11) is -12.2. The molecule has 0 amide bonds. The number of azo groups is 2. The molecule has 0 bridgehead atoms. The number of benzene rings is 7. The van der Waals surface area contributed by atoms with Crippen molar-refractivity contribution in [3.8, 4) is 34.1 Å². The largest absolute Gasteiger partial charge is 0.505 e. The fourth-order valence-corrected chi connectivity index (χ4v) is 8.47. The molecule has 0 atom stereocenters. The molecule has 0 fully saturated rings. The number of ether oxygens (including phenoxy) is 2. The van der Waals surface area contributed by atoms with Crippen molar-refractivity contribution in [3.63, 3.8) is 0 Å². The quantitative estimate of drug-likeness (QED) is 0.0382. The summed E-state index contributed by atoms with van der Waals surface area (Å²) in [6, 6.07) is 28.5. The average Bonchev–Trinajstić information content (AvgIpc) is 3.22. The topological polar surface area (TPSA) is 284 Å². The van der Waals surface area contributed by atoms with Crippen molar-refractivity contribution in [1.29, 1.82) is 0 Å². The van der Waals surface area contributed by atoms with Gasteiger partial charge in [0.1, 0.15) is 48.9 Å². The van der Waals surface area contributed by atoms with E-state index in [-0.39, 0.29) is 117 Å². The first kappa shape index (κ1) is 52.6. The molecule has 6 N–H and O–H groups in total. The number of fused-ring (bicyclic) bond motifs is 2. The van der Waals surface area contributed by atoms with Crippen LogP contribution in [0.15, 0.2) is 150 Å². The van der Waals surface area contributed by atoms with Crippen LogP contribution >= 0.6 is 0 Å². The molecule has 0 aliphatic heterocycles. The van der Waals surface area contributed by atoms with Gasteiger partial charge in [0, 0.05) is 116 Å². The summed E-state index contributed by atoms with van der Waals surface area (Å²) in [4.78, 5) is -2.33. The fourth-order valence-electron chi connectivity index (χ4n) is 6.39. The second-order valence-corrected chi connectivity index (χ2v) is 17.2. The molecule has 0 aromatic heterocycles. The van der Waals surface area contributed by atoms with Crippen molar-refractivity contribution >= 4 is 175 Å². The zero-order valence-corrected chi connectivity index (χ0v) is 42.9. The summed E-state index contributed by atoms with van der Waals surface area (Å²) < 4.78 is 115. The normalized spacial score (nSPS) is 11.8. The van der Waals surface area contributed by atoms with Gasteiger partial charge in [0.05, 0.1) is 14.2 Å². The molecule has 64 heavy (non-hydrogen) atoms. The van der Waals surface area contributed by atoms with Crippen molar-refractivity contribution in [2.24, 2.45) is 20.5 Å². The summed E-state index contributed by atoms with van der Waals surface area (Å²) in [6.45, 7) is 0. The summed E-state index contributed by atoms with van der Waals surface area (Å²) in [5, 5.41) is 41.0. The Hall–Kier alpha value is -4.01. The second kappa shape index (κ2) is 21.1. The molecule has 0 heterocycles. The average molecular weight is 955 g/mol. The molecule has 3 radical (unpaired) electrons. The number of hydrogen-bond donors (Lipinski definition) is 6. The summed E-state index contributed by atoms with van der Waals surface area (Å²) in [5.41, 5.74) is 1.55. The van der Waals surface area contributed by atoms with Crippen LogP contribution in [0.25, 0.3) is 32.7 Å². The third kappa shape index (κ3) is 11.3. The number of para-hydroxylation sites is 1. The SMILES string of the molecule is COc1cc(-c2ccc(N=Nc3c(S(=O)(=O)O)cc4cc(Nc5ccccc5)ccc4c3O)c(OC)c2)ccc1N=Nc1cc(S(=O)(=O)O)c2cccc(S(=O)(=O)O)c2c1O.[Na].[Na].[Na]. The van der Waals surface area contributed by atoms with Gasteiger partial charge in [-0.15, -0.1) is 20.5 Å². The van der Waals surface area contributed by atoms with Crippen LogP contribution in [-0.4, -0.2) is 152 Å². The predicted octanol–water partition coefficient (Wildman–Crippen LogP) is 8.26. The standard InChI is InChI=1S/C40H31N5O13S3.3Na/c1-57-32-18-22(11-15-29(32)42-44-31-21-35(60(51,52)53)28-9-6-10-34(59(48,49)50)37(28)40(31)47)23-12-16-30(33(19-23)58-2)43-45-38-36(61(54,55)56)20-24-17-26(13-14-27(24)39(38)46)41-25-7-4-3-5-8-25;;;/h3-21,41,46-47H,1-2H3,(H,48,49,50)(H,51,52,53)(H,54,55,56);;;. The molecule has 7 aromatic carbocycles. The van der Waals surface area contributed by atoms with Gasteiger partial charge < -0.3 is 25.0 Å². The van der Waals surface area contributed by atoms with Crippen LogP contribution in [0.5, 0.6) is 23.0 Å². The van der Waals surface area contributed by atoms with Gasteiger partial charge >= 0.3 is 0 Å². The Morgan fingerprint density at radius 1 is 0.484 bits per heavy atom. The van der Waals surface area contributed by atoms with Crippen LogP contribution in [0.3, 0.4) is 0 Å². The zero-order chi connectivity index (χ0) is 43.9. The number of nitrogens with one attached hydrogen (secondary N) is 1. The minimum Gasteiger partial charge on any atom is -0.505 e. The van der Waals surface area contributed by atoms with Crippen LogP contribution in [0.1, 0.15) is 0 Å². The molecule has 7 aromatic rings. The Balaban J connectivity index is 0.00000299. The van der Waals surface area contributed by atoms with Gasteiger partial charge in [-0.2, -0.15) is 25.3 Å². The molecule has 0 aliphatic carbocycles. The maximum atomic E-state index is 12.5. The Bertz CT molecular complexity index is 3330. The van der Waals surface area contributed by atoms with Crippen LogP contribution < -0.4 is 14.8 Å². The molecule has 315 valence electrons. The Morgan fingerprint density at radius 2 is 1.03 bits per heavy atom. The maximum Gasteiger partial charge on any atom is 0.296 e. The maximum absolute atomic E-state index is 12.5. The number of methoxy groups -OCH3 is 2. The van der Waals surface area contributed by atoms with Gasteiger partial charge in [-0.05, 0) is 89.3 Å². The number of phenolic OH excluding ortho intramolecular Hbond substituents is 2. The first-order valence-corrected chi connectivity index (χ1v) is 21.7. The van der Waals surface area contributed by atoms with Gasteiger partial charge in [0.15, 0.2) is 11.5 Å². The second-order valence-electron chi connectivity index (χ2n) is 13.0. The van der Waals surface area contributed by atoms with Crippen LogP contribution in [0, 0.1) is 0 Å². The molecule has 18 nitrogen and oxygen atoms in total. The van der Waals surface area contributed by atoms with Crippen molar-refractivity contribution in [2.45, 2.75) is 14.7 Å². The molecule has 0 spiro atoms. The summed E-state index contributed by atoms with van der Waals surface area (Å²) in [5.74, 6) is -1.10. The molecule has 0 unspecified atom stereocenters. The van der Waals surface area contributed by atoms with Gasteiger partial charge in [-0.3, -0.25) is 13.7 Å². The molecule has 0 aliphatic rings. The van der Waals surface area contributed by atoms with E-state index in [2.05, 4.69) is 25.8 Å². The number of nitrogens with zero attached hydrogens (tertiary/aromatic N) is 4. The van der Waals surface area contributed by atoms with Crippen LogP contribution in [-0.2, 0) is 30.4 Å². The van der Waals surface area contributed by atoms with E-state index in [0.717, 1.165) is 30.0 Å². The van der Waals surface area contributed by atoms with Gasteiger partial charge in [-0.1, -0.05) is 42.5 Å². The monoisotopic (exact) mass is 954 g/mol. The third-order valence-corrected chi connectivity index (χ3v) is 11.9. The van der Waals surface area contributed by atoms with E-state index in [9.17, 15) is 49.1 Å². The van der Waals surface area contributed by atoms with Gasteiger partial charge in [-0.25, -0.2) is 0 Å². The van der Waals surface area contributed by atoms with E-state index in [1.807, 2.05) is 30.3 Å². The van der Waals surface area contributed by atoms with Crippen molar-refractivity contribution in [3.05, 3.63) is 115 Å². The predicted molar refractivity (Wildman–Crippen MR) is 241 cm³/mol. The zero-order valence-electron chi connectivity index (χ0n) is 34.5. The van der Waals surface area contributed by atoms with Gasteiger partial charge in [0.2, 0.25) is 0 Å². The Kier molecular flexibility index (Phi) is 17.3. The smallest absolute Gasteiger partial charge is 0.296 e. The van der Waals surface area contributed by atoms with Gasteiger partial charge in [0.25, 0.3) is 30.4 Å². The van der Waals surface area contributed by atoms with E-state index in [4.69, 9.17) is 9.47 Å². The third-order valence-electron chi connectivity index (χ3n) is 9.20. The van der Waals surface area contributed by atoms with Crippen LogP contribution in [0.2, 0.25) is 0 Å². The van der Waals surface area contributed by atoms with E-state index in [0.29, 0.717) is 22.2 Å². The molecule has 0 saturated heterocycles. The minimum atomic E-state index is -5.00. The molecule has 24 heteroatoms. The Morgan fingerprint density at radius 3 is 1.58 bits per heavy atom. The van der Waals surface area contributed by atoms with E-state index < -0.39 is 78.7 Å². The molecule has 0 saturated carbocycles. The number of hydrogen-bond acceptors (Lipinski definition) is 15. The minimum absolute atomic E-state index is 0. The fraction of sp³-hybridized carbons (Fsp3) is 0.0500. The number of phenols is 2. The summed E-state index contributed by atoms with van der Waals surface area (Å²) >= 11 is 0. The van der Waals surface area contributed by atoms with Crippen molar-refractivity contribution in [2.75, 3.05) is 19.5 Å². The number of anilines is 2. The van der Waals surface area contributed by atoms with E-state index in [1.54, 1.807) is 42.5 Å². The molecular formula is C40H31N5Na3O13S3. The van der Waals surface area contributed by atoms with Crippen molar-refractivity contribution < 1.29 is 58.6 Å². The first-order chi connectivity index (χ1) is 28.9. The van der Waals surface area contributed by atoms with E-state index in [1.165, 1.54) is 32.4 Å².